The molecule has 2 aromatic rings. The van der Waals surface area contributed by atoms with Crippen LogP contribution in [-0.2, 0) is 4.79 Å². The normalized spacial score (nSPS) is 14.9. The smallest absolute Gasteiger partial charge is 0.238 e. The van der Waals surface area contributed by atoms with E-state index in [0.29, 0.717) is 12.2 Å². The van der Waals surface area contributed by atoms with Gasteiger partial charge in [-0.05, 0) is 42.8 Å². The Hall–Kier alpha value is -2.73. The highest BCUT2D eigenvalue weighted by Crippen LogP contribution is 2.28. The monoisotopic (exact) mass is 354 g/mol. The number of nitrogens with two attached hydrogens (primary N) is 1. The van der Waals surface area contributed by atoms with Crippen LogP contribution in [0.5, 0.6) is 5.75 Å². The Morgan fingerprint density at radius 2 is 1.88 bits per heavy atom. The van der Waals surface area contributed by atoms with Gasteiger partial charge in [0.2, 0.25) is 5.91 Å². The number of hydrogen-bond donors (Lipinski definition) is 2. The van der Waals surface area contributed by atoms with Crippen molar-refractivity contribution in [1.82, 2.24) is 4.90 Å². The fourth-order valence-corrected chi connectivity index (χ4v) is 3.26. The predicted molar refractivity (Wildman–Crippen MR) is 106 cm³/mol. The lowest BCUT2D eigenvalue weighted by Crippen LogP contribution is -2.48. The number of nitrogens with one attached hydrogen (secondary N) is 1. The van der Waals surface area contributed by atoms with E-state index in [1.165, 1.54) is 0 Å². The summed E-state index contributed by atoms with van der Waals surface area (Å²) in [6, 6.07) is 13.6. The first-order valence-corrected chi connectivity index (χ1v) is 8.83. The van der Waals surface area contributed by atoms with Crippen LogP contribution < -0.4 is 20.7 Å². The molecule has 1 amide bonds. The molecular formula is C20H26N4O2. The average Bonchev–Trinajstić information content (AvgIpc) is 2.64. The van der Waals surface area contributed by atoms with Gasteiger partial charge < -0.3 is 20.7 Å². The molecule has 26 heavy (non-hydrogen) atoms. The second kappa shape index (κ2) is 8.10. The number of carbonyl (C=O) groups excluding carboxylic acids is 1. The van der Waals surface area contributed by atoms with E-state index in [0.717, 1.165) is 48.9 Å². The van der Waals surface area contributed by atoms with E-state index in [4.69, 9.17) is 10.5 Å². The van der Waals surface area contributed by atoms with Gasteiger partial charge >= 0.3 is 0 Å². The van der Waals surface area contributed by atoms with Crippen molar-refractivity contribution in [3.8, 4) is 5.75 Å². The zero-order valence-corrected chi connectivity index (χ0v) is 15.4. The van der Waals surface area contributed by atoms with E-state index in [1.807, 2.05) is 37.3 Å². The average molecular weight is 354 g/mol. The number of amides is 1. The van der Waals surface area contributed by atoms with Crippen molar-refractivity contribution in [2.24, 2.45) is 0 Å². The zero-order chi connectivity index (χ0) is 18.5. The summed E-state index contributed by atoms with van der Waals surface area (Å²) in [4.78, 5) is 16.8. The van der Waals surface area contributed by atoms with Crippen LogP contribution in [0.1, 0.15) is 5.56 Å². The first-order valence-electron chi connectivity index (χ1n) is 8.83. The van der Waals surface area contributed by atoms with Gasteiger partial charge in [-0.2, -0.15) is 0 Å². The molecule has 138 valence electrons. The molecule has 1 fully saturated rings. The van der Waals surface area contributed by atoms with Crippen LogP contribution in [0.2, 0.25) is 0 Å². The Balaban J connectivity index is 1.53. The molecule has 0 saturated carbocycles. The van der Waals surface area contributed by atoms with Gasteiger partial charge in [0.15, 0.2) is 0 Å². The summed E-state index contributed by atoms with van der Waals surface area (Å²) in [5, 5.41) is 2.98. The molecule has 1 saturated heterocycles. The summed E-state index contributed by atoms with van der Waals surface area (Å²) in [7, 11) is 1.69. The maximum atomic E-state index is 12.4. The second-order valence-electron chi connectivity index (χ2n) is 6.56. The van der Waals surface area contributed by atoms with E-state index in [1.54, 1.807) is 13.2 Å². The molecule has 3 N–H and O–H groups in total. The maximum Gasteiger partial charge on any atom is 0.238 e. The third kappa shape index (κ3) is 4.26. The number of carbonyl (C=O) groups is 1. The fraction of sp³-hybridized carbons (Fsp3) is 0.350. The molecule has 0 aliphatic carbocycles. The number of aryl methyl sites for hydroxylation is 1. The lowest BCUT2D eigenvalue weighted by molar-refractivity contribution is -0.117. The summed E-state index contributed by atoms with van der Waals surface area (Å²) in [6.07, 6.45) is 0. The highest BCUT2D eigenvalue weighted by atomic mass is 16.5. The molecule has 0 unspecified atom stereocenters. The highest BCUT2D eigenvalue weighted by Gasteiger charge is 2.21. The number of piperazine rings is 1. The Morgan fingerprint density at radius 3 is 2.58 bits per heavy atom. The van der Waals surface area contributed by atoms with Crippen LogP contribution in [0.4, 0.5) is 17.1 Å². The molecule has 6 heteroatoms. The number of hydrogen-bond acceptors (Lipinski definition) is 5. The molecule has 0 atom stereocenters. The topological polar surface area (TPSA) is 70.8 Å². The van der Waals surface area contributed by atoms with E-state index >= 15 is 0 Å². The standard InChI is InChI=1S/C20H26N4O2/c1-15-13-16(21)7-8-17(15)22-20(25)14-23-9-11-24(12-10-23)18-5-3-4-6-19(18)26-2/h3-8,13H,9-12,14,21H2,1-2H3,(H,22,25). The molecule has 2 aromatic carbocycles. The molecule has 1 aliphatic heterocycles. The third-order valence-electron chi connectivity index (χ3n) is 4.69. The minimum absolute atomic E-state index is 0.00335. The van der Waals surface area contributed by atoms with Crippen molar-refractivity contribution in [2.75, 3.05) is 55.8 Å². The van der Waals surface area contributed by atoms with E-state index < -0.39 is 0 Å². The molecule has 1 heterocycles. The molecule has 3 rings (SSSR count). The highest BCUT2D eigenvalue weighted by molar-refractivity contribution is 5.93. The van der Waals surface area contributed by atoms with Crippen molar-refractivity contribution >= 4 is 23.0 Å². The number of nitrogen functional groups attached to an aromatic ring is 1. The number of ether oxygens (including phenoxy) is 1. The Labute approximate surface area is 154 Å². The quantitative estimate of drug-likeness (QED) is 0.807. The lowest BCUT2D eigenvalue weighted by Gasteiger charge is -2.36. The summed E-state index contributed by atoms with van der Waals surface area (Å²) >= 11 is 0. The summed E-state index contributed by atoms with van der Waals surface area (Å²) in [5.41, 5.74) is 9.35. The minimum Gasteiger partial charge on any atom is -0.495 e. The van der Waals surface area contributed by atoms with Gasteiger partial charge in [0.25, 0.3) is 0 Å². The van der Waals surface area contributed by atoms with Gasteiger partial charge in [0.1, 0.15) is 5.75 Å². The second-order valence-corrected chi connectivity index (χ2v) is 6.56. The number of anilines is 3. The number of methoxy groups -OCH3 is 1. The van der Waals surface area contributed by atoms with Crippen LogP contribution in [0.3, 0.4) is 0 Å². The van der Waals surface area contributed by atoms with Crippen molar-refractivity contribution in [3.63, 3.8) is 0 Å². The van der Waals surface area contributed by atoms with Gasteiger partial charge in [0, 0.05) is 37.6 Å². The van der Waals surface area contributed by atoms with Crippen LogP contribution >= 0.6 is 0 Å². The predicted octanol–water partition coefficient (Wildman–Crippen LogP) is 2.35. The molecule has 6 nitrogen and oxygen atoms in total. The molecule has 0 bridgehead atoms. The van der Waals surface area contributed by atoms with Crippen molar-refractivity contribution in [1.29, 1.82) is 0 Å². The number of para-hydroxylation sites is 2. The SMILES string of the molecule is COc1ccccc1N1CCN(CC(=O)Nc2ccc(N)cc2C)CC1. The number of rotatable bonds is 5. The van der Waals surface area contributed by atoms with Gasteiger partial charge in [-0.3, -0.25) is 9.69 Å². The molecule has 0 radical (unpaired) electrons. The van der Waals surface area contributed by atoms with Crippen LogP contribution in [0, 0.1) is 6.92 Å². The Kier molecular flexibility index (Phi) is 5.63. The molecule has 0 aromatic heterocycles. The van der Waals surface area contributed by atoms with Gasteiger partial charge in [-0.25, -0.2) is 0 Å². The van der Waals surface area contributed by atoms with Crippen LogP contribution in [0.25, 0.3) is 0 Å². The van der Waals surface area contributed by atoms with Crippen LogP contribution in [-0.4, -0.2) is 50.6 Å². The Morgan fingerprint density at radius 1 is 1.15 bits per heavy atom. The first-order chi connectivity index (χ1) is 12.6. The molecule has 1 aliphatic rings. The maximum absolute atomic E-state index is 12.4. The van der Waals surface area contributed by atoms with E-state index in [9.17, 15) is 4.79 Å². The Bertz CT molecular complexity index is 770. The number of nitrogens with zero attached hydrogens (tertiary/aromatic N) is 2. The van der Waals surface area contributed by atoms with Gasteiger partial charge in [-0.1, -0.05) is 12.1 Å². The summed E-state index contributed by atoms with van der Waals surface area (Å²) in [6.45, 7) is 5.75. The number of benzene rings is 2. The first kappa shape index (κ1) is 18.1. The summed E-state index contributed by atoms with van der Waals surface area (Å²) < 4.78 is 5.45. The lowest BCUT2D eigenvalue weighted by atomic mass is 10.2. The van der Waals surface area contributed by atoms with Crippen molar-refractivity contribution in [3.05, 3.63) is 48.0 Å². The van der Waals surface area contributed by atoms with E-state index in [2.05, 4.69) is 21.2 Å². The van der Waals surface area contributed by atoms with Gasteiger partial charge in [0.05, 0.1) is 19.3 Å². The van der Waals surface area contributed by atoms with Gasteiger partial charge in [-0.15, -0.1) is 0 Å². The summed E-state index contributed by atoms with van der Waals surface area (Å²) in [5.74, 6) is 0.890. The van der Waals surface area contributed by atoms with Crippen molar-refractivity contribution < 1.29 is 9.53 Å². The fourth-order valence-electron chi connectivity index (χ4n) is 3.26. The van der Waals surface area contributed by atoms with Crippen molar-refractivity contribution in [2.45, 2.75) is 6.92 Å². The van der Waals surface area contributed by atoms with Crippen LogP contribution in [0.15, 0.2) is 42.5 Å². The third-order valence-corrected chi connectivity index (χ3v) is 4.69. The van der Waals surface area contributed by atoms with E-state index in [-0.39, 0.29) is 5.91 Å². The largest absolute Gasteiger partial charge is 0.495 e. The zero-order valence-electron chi connectivity index (χ0n) is 15.4. The minimum atomic E-state index is 0.00335. The molecular weight excluding hydrogens is 328 g/mol. The molecule has 0 spiro atoms.